The molecule has 0 saturated heterocycles. The first-order valence-electron chi connectivity index (χ1n) is 7.70. The van der Waals surface area contributed by atoms with Gasteiger partial charge in [0.1, 0.15) is 22.1 Å². The summed E-state index contributed by atoms with van der Waals surface area (Å²) >= 11 is 0. The first kappa shape index (κ1) is 13.8. The molecular weight excluding hydrogens is 320 g/mol. The van der Waals surface area contributed by atoms with Crippen molar-refractivity contribution in [3.63, 3.8) is 0 Å². The van der Waals surface area contributed by atoms with Gasteiger partial charge >= 0.3 is 11.3 Å². The summed E-state index contributed by atoms with van der Waals surface area (Å²) < 4.78 is 16.7. The third-order valence-corrected chi connectivity index (χ3v) is 4.20. The molecule has 0 atom stereocenters. The molecule has 0 fully saturated rings. The van der Waals surface area contributed by atoms with Crippen molar-refractivity contribution in [2.75, 3.05) is 0 Å². The zero-order chi connectivity index (χ0) is 17.0. The molecule has 0 spiro atoms. The van der Waals surface area contributed by atoms with E-state index in [1.54, 1.807) is 30.3 Å². The quantitative estimate of drug-likeness (QED) is 0.338. The smallest absolute Gasteiger partial charge is 0.351 e. The van der Waals surface area contributed by atoms with Gasteiger partial charge < -0.3 is 13.3 Å². The lowest BCUT2D eigenvalue weighted by atomic mass is 10.1. The average Bonchev–Trinajstić information content (AvgIpc) is 3.08. The Morgan fingerprint density at radius 2 is 1.36 bits per heavy atom. The van der Waals surface area contributed by atoms with Gasteiger partial charge in [0.05, 0.1) is 5.39 Å². The standard InChI is InChI=1S/C20H10O5/c21-19-13-10-15(11-6-2-1-3-7-11)23-18(13)16-17(25-19)12-8-4-5-9-14(12)24-20(16)22/h1-10H. The van der Waals surface area contributed by atoms with Crippen molar-refractivity contribution < 1.29 is 13.3 Å². The van der Waals surface area contributed by atoms with Crippen molar-refractivity contribution >= 4 is 32.9 Å². The molecule has 2 aromatic carbocycles. The largest absolute Gasteiger partial charge is 0.455 e. The zero-order valence-corrected chi connectivity index (χ0v) is 12.8. The number of fused-ring (bicyclic) bond motifs is 5. The Hall–Kier alpha value is -3.60. The van der Waals surface area contributed by atoms with Crippen LogP contribution in [-0.4, -0.2) is 0 Å². The van der Waals surface area contributed by atoms with Crippen LogP contribution in [0.1, 0.15) is 0 Å². The van der Waals surface area contributed by atoms with Crippen molar-refractivity contribution in [3.8, 4) is 11.3 Å². The molecule has 5 rings (SSSR count). The van der Waals surface area contributed by atoms with E-state index in [9.17, 15) is 9.59 Å². The van der Waals surface area contributed by atoms with Gasteiger partial charge in [0.25, 0.3) is 0 Å². The molecule has 3 heterocycles. The van der Waals surface area contributed by atoms with Gasteiger partial charge in [-0.3, -0.25) is 0 Å². The highest BCUT2D eigenvalue weighted by Crippen LogP contribution is 2.31. The highest BCUT2D eigenvalue weighted by atomic mass is 16.4. The first-order valence-corrected chi connectivity index (χ1v) is 7.70. The molecule has 5 heteroatoms. The van der Waals surface area contributed by atoms with Gasteiger partial charge in [0, 0.05) is 5.56 Å². The van der Waals surface area contributed by atoms with Crippen molar-refractivity contribution in [3.05, 3.63) is 81.5 Å². The van der Waals surface area contributed by atoms with E-state index in [4.69, 9.17) is 13.3 Å². The summed E-state index contributed by atoms with van der Waals surface area (Å²) in [5, 5.41) is 0.901. The number of benzene rings is 2. The van der Waals surface area contributed by atoms with Gasteiger partial charge in [-0.2, -0.15) is 0 Å². The monoisotopic (exact) mass is 330 g/mol. The van der Waals surface area contributed by atoms with Gasteiger partial charge in [0.2, 0.25) is 0 Å². The maximum Gasteiger partial charge on any atom is 0.351 e. The fourth-order valence-electron chi connectivity index (χ4n) is 3.04. The highest BCUT2D eigenvalue weighted by molar-refractivity contribution is 6.10. The molecule has 0 N–H and O–H groups in total. The van der Waals surface area contributed by atoms with Crippen LogP contribution in [0.5, 0.6) is 0 Å². The summed E-state index contributed by atoms with van der Waals surface area (Å²) in [4.78, 5) is 24.9. The average molecular weight is 330 g/mol. The number of rotatable bonds is 1. The van der Waals surface area contributed by atoms with E-state index in [1.807, 2.05) is 30.3 Å². The Balaban J connectivity index is 1.98. The number of furan rings is 1. The Kier molecular flexibility index (Phi) is 2.73. The number of hydrogen-bond donors (Lipinski definition) is 0. The second-order valence-corrected chi connectivity index (χ2v) is 5.70. The molecule has 25 heavy (non-hydrogen) atoms. The van der Waals surface area contributed by atoms with E-state index in [0.717, 1.165) is 5.56 Å². The minimum Gasteiger partial charge on any atom is -0.455 e. The lowest BCUT2D eigenvalue weighted by Gasteiger charge is -2.01. The van der Waals surface area contributed by atoms with E-state index < -0.39 is 11.3 Å². The van der Waals surface area contributed by atoms with Crippen LogP contribution in [0.25, 0.3) is 44.2 Å². The van der Waals surface area contributed by atoms with E-state index in [2.05, 4.69) is 0 Å². The molecule has 3 aromatic heterocycles. The van der Waals surface area contributed by atoms with Crippen LogP contribution in [0.4, 0.5) is 0 Å². The van der Waals surface area contributed by atoms with Crippen molar-refractivity contribution in [2.24, 2.45) is 0 Å². The van der Waals surface area contributed by atoms with Gasteiger partial charge in [-0.25, -0.2) is 9.59 Å². The van der Waals surface area contributed by atoms with Crippen LogP contribution in [-0.2, 0) is 0 Å². The van der Waals surface area contributed by atoms with Crippen LogP contribution >= 0.6 is 0 Å². The first-order chi connectivity index (χ1) is 12.2. The zero-order valence-electron chi connectivity index (χ0n) is 12.8. The third kappa shape index (κ3) is 1.96. The Morgan fingerprint density at radius 1 is 0.640 bits per heavy atom. The minimum absolute atomic E-state index is 0.135. The van der Waals surface area contributed by atoms with Gasteiger partial charge in [-0.1, -0.05) is 42.5 Å². The van der Waals surface area contributed by atoms with Gasteiger partial charge in [-0.15, -0.1) is 0 Å². The molecule has 0 bridgehead atoms. The third-order valence-electron chi connectivity index (χ3n) is 4.20. The fourth-order valence-corrected chi connectivity index (χ4v) is 3.04. The molecule has 0 aliphatic heterocycles. The fraction of sp³-hybridized carbons (Fsp3) is 0. The lowest BCUT2D eigenvalue weighted by Crippen LogP contribution is -2.05. The Bertz CT molecular complexity index is 1370. The van der Waals surface area contributed by atoms with Crippen molar-refractivity contribution in [1.29, 1.82) is 0 Å². The molecule has 0 unspecified atom stereocenters. The number of hydrogen-bond acceptors (Lipinski definition) is 5. The highest BCUT2D eigenvalue weighted by Gasteiger charge is 2.20. The van der Waals surface area contributed by atoms with E-state index in [0.29, 0.717) is 16.7 Å². The minimum atomic E-state index is -0.601. The van der Waals surface area contributed by atoms with Gasteiger partial charge in [0.15, 0.2) is 11.2 Å². The molecular formula is C20H10O5. The summed E-state index contributed by atoms with van der Waals surface area (Å²) in [5.74, 6) is 0.489. The second-order valence-electron chi connectivity index (χ2n) is 5.70. The van der Waals surface area contributed by atoms with Crippen molar-refractivity contribution in [2.45, 2.75) is 0 Å². The molecule has 120 valence electrons. The van der Waals surface area contributed by atoms with Crippen LogP contribution in [0.2, 0.25) is 0 Å². The molecule has 0 saturated carbocycles. The summed E-state index contributed by atoms with van der Waals surface area (Å²) in [5.41, 5.74) is 0.372. The van der Waals surface area contributed by atoms with Crippen LogP contribution < -0.4 is 11.3 Å². The molecule has 0 aliphatic carbocycles. The SMILES string of the molecule is O=c1oc2c3ccccc3oc(=O)c2c2oc(-c3ccccc3)cc12. The number of para-hydroxylation sites is 1. The van der Waals surface area contributed by atoms with Crippen LogP contribution in [0.15, 0.2) is 83.5 Å². The second kappa shape index (κ2) is 4.95. The summed E-state index contributed by atoms with van der Waals surface area (Å²) in [6.07, 6.45) is 0. The Labute approximate surface area is 139 Å². The van der Waals surface area contributed by atoms with E-state index >= 15 is 0 Å². The summed E-state index contributed by atoms with van der Waals surface area (Å²) in [6, 6.07) is 17.8. The van der Waals surface area contributed by atoms with Crippen LogP contribution in [0, 0.1) is 0 Å². The molecule has 0 aliphatic rings. The normalized spacial score (nSPS) is 11.5. The van der Waals surface area contributed by atoms with Gasteiger partial charge in [-0.05, 0) is 18.2 Å². The van der Waals surface area contributed by atoms with E-state index in [-0.39, 0.29) is 21.9 Å². The maximum absolute atomic E-state index is 12.5. The maximum atomic E-state index is 12.5. The lowest BCUT2D eigenvalue weighted by molar-refractivity contribution is 0.544. The predicted octanol–water partition coefficient (Wildman–Crippen LogP) is 4.31. The summed E-state index contributed by atoms with van der Waals surface area (Å²) in [6.45, 7) is 0. The molecule has 0 radical (unpaired) electrons. The molecule has 5 aromatic rings. The van der Waals surface area contributed by atoms with Crippen molar-refractivity contribution in [1.82, 2.24) is 0 Å². The molecule has 5 nitrogen and oxygen atoms in total. The van der Waals surface area contributed by atoms with E-state index in [1.165, 1.54) is 0 Å². The molecule has 0 amide bonds. The summed E-state index contributed by atoms with van der Waals surface area (Å²) in [7, 11) is 0. The van der Waals surface area contributed by atoms with Crippen LogP contribution in [0.3, 0.4) is 0 Å². The predicted molar refractivity (Wildman–Crippen MR) is 93.7 cm³/mol. The Morgan fingerprint density at radius 3 is 2.20 bits per heavy atom. The topological polar surface area (TPSA) is 73.6 Å².